The summed E-state index contributed by atoms with van der Waals surface area (Å²) in [4.78, 5) is 17.2. The Bertz CT molecular complexity index is 1340. The number of halogens is 4. The minimum absolute atomic E-state index is 0.0602. The number of rotatable bonds is 10. The molecule has 3 heterocycles. The van der Waals surface area contributed by atoms with Crippen LogP contribution in [-0.2, 0) is 13.2 Å². The first-order valence-electron chi connectivity index (χ1n) is 12.7. The first-order valence-corrected chi connectivity index (χ1v) is 13.5. The summed E-state index contributed by atoms with van der Waals surface area (Å²) in [5, 5.41) is 15.8. The fourth-order valence-electron chi connectivity index (χ4n) is 4.82. The van der Waals surface area contributed by atoms with Crippen LogP contribution >= 0.6 is 15.9 Å². The average Bonchev–Trinajstić information content (AvgIpc) is 3.58. The van der Waals surface area contributed by atoms with Gasteiger partial charge in [-0.1, -0.05) is 31.9 Å². The molecule has 1 fully saturated rings. The highest BCUT2D eigenvalue weighted by atomic mass is 79.9. The van der Waals surface area contributed by atoms with E-state index in [-0.39, 0.29) is 34.1 Å². The second-order valence-electron chi connectivity index (χ2n) is 9.57. The Morgan fingerprint density at radius 2 is 2.00 bits per heavy atom. The summed E-state index contributed by atoms with van der Waals surface area (Å²) in [7, 11) is 1.66. The molecule has 0 spiro atoms. The molecule has 0 bridgehead atoms. The molecule has 1 saturated carbocycles. The van der Waals surface area contributed by atoms with Gasteiger partial charge in [0.05, 0.1) is 22.5 Å². The van der Waals surface area contributed by atoms with E-state index in [1.807, 2.05) is 0 Å². The fraction of sp³-hybridized carbons (Fsp3) is 0.500. The van der Waals surface area contributed by atoms with E-state index in [1.54, 1.807) is 20.0 Å². The quantitative estimate of drug-likeness (QED) is 0.291. The van der Waals surface area contributed by atoms with Crippen LogP contribution in [0.4, 0.5) is 13.2 Å². The maximum absolute atomic E-state index is 14.0. The molecular weight excluding hydrogens is 581 g/mol. The molecule has 1 atom stereocenters. The van der Waals surface area contributed by atoms with Crippen LogP contribution in [0.3, 0.4) is 0 Å². The summed E-state index contributed by atoms with van der Waals surface area (Å²) >= 11 is 3.46. The Morgan fingerprint density at radius 1 is 1.28 bits per heavy atom. The molecule has 1 aliphatic carbocycles. The molecule has 4 rings (SSSR count). The molecule has 39 heavy (non-hydrogen) atoms. The smallest absolute Gasteiger partial charge is 0.436 e. The van der Waals surface area contributed by atoms with Crippen molar-refractivity contribution in [3.05, 3.63) is 59.3 Å². The third-order valence-corrected chi connectivity index (χ3v) is 7.47. The molecule has 0 radical (unpaired) electrons. The second kappa shape index (κ2) is 12.0. The van der Waals surface area contributed by atoms with Crippen LogP contribution < -0.4 is 9.57 Å². The van der Waals surface area contributed by atoms with Gasteiger partial charge in [0.1, 0.15) is 24.2 Å². The van der Waals surface area contributed by atoms with Crippen LogP contribution in [0, 0.1) is 19.8 Å². The van der Waals surface area contributed by atoms with Gasteiger partial charge in [-0.15, -0.1) is 0 Å². The van der Waals surface area contributed by atoms with E-state index in [4.69, 9.17) is 9.57 Å². The summed E-state index contributed by atoms with van der Waals surface area (Å²) in [6.45, 7) is 6.75. The molecule has 0 aliphatic heterocycles. The van der Waals surface area contributed by atoms with E-state index in [1.165, 1.54) is 30.3 Å². The molecule has 0 amide bonds. The van der Waals surface area contributed by atoms with Crippen molar-refractivity contribution in [3.63, 3.8) is 0 Å². The zero-order valence-electron chi connectivity index (χ0n) is 22.1. The van der Waals surface area contributed by atoms with Crippen LogP contribution in [0.1, 0.15) is 72.6 Å². The summed E-state index contributed by atoms with van der Waals surface area (Å²) in [6.07, 6.45) is 2.36. The lowest BCUT2D eigenvalue weighted by atomic mass is 9.90. The van der Waals surface area contributed by atoms with Gasteiger partial charge in [-0.3, -0.25) is 4.68 Å². The summed E-state index contributed by atoms with van der Waals surface area (Å²) in [6, 6.07) is 1.61. The first kappa shape index (κ1) is 28.9. The molecule has 0 saturated heterocycles. The van der Waals surface area contributed by atoms with Crippen molar-refractivity contribution in [2.75, 3.05) is 13.2 Å². The number of aliphatic hydroxyl groups excluding tert-OH is 1. The van der Waals surface area contributed by atoms with Crippen molar-refractivity contribution < 1.29 is 27.9 Å². The highest BCUT2D eigenvalue weighted by Crippen LogP contribution is 2.43. The molecule has 13 heteroatoms. The predicted octanol–water partition coefficient (Wildman–Crippen LogP) is 5.55. The second-order valence-corrected chi connectivity index (χ2v) is 10.4. The van der Waals surface area contributed by atoms with Gasteiger partial charge >= 0.3 is 6.18 Å². The van der Waals surface area contributed by atoms with Gasteiger partial charge in [0.25, 0.3) is 0 Å². The molecule has 9 nitrogen and oxygen atoms in total. The van der Waals surface area contributed by atoms with Gasteiger partial charge in [0.15, 0.2) is 11.5 Å². The number of aliphatic hydroxyl groups is 1. The molecular formula is C26H32BrF3N6O3. The van der Waals surface area contributed by atoms with Crippen LogP contribution in [0.5, 0.6) is 5.88 Å². The molecule has 0 aromatic carbocycles. The van der Waals surface area contributed by atoms with Crippen molar-refractivity contribution in [1.29, 1.82) is 0 Å². The van der Waals surface area contributed by atoms with Crippen LogP contribution in [0.15, 0.2) is 24.9 Å². The third kappa shape index (κ3) is 6.24. The van der Waals surface area contributed by atoms with Crippen molar-refractivity contribution in [3.8, 4) is 5.88 Å². The number of nitrogens with zero attached hydrogens (tertiary/aromatic N) is 5. The SMILES string of the molecule is C=CCOn1c(C(Br)=C(c2[nH]c(C)nc2OCC2CCCCC2)C(O)c2ccnn2C)nc(C)c1C(F)(F)F. The number of aromatic amines is 1. The van der Waals surface area contributed by atoms with Crippen LogP contribution in [0.25, 0.3) is 10.1 Å². The number of hydrogen-bond acceptors (Lipinski definition) is 6. The molecule has 3 aromatic rings. The van der Waals surface area contributed by atoms with Crippen molar-refractivity contribution in [1.82, 2.24) is 29.5 Å². The van der Waals surface area contributed by atoms with Crippen molar-refractivity contribution in [2.24, 2.45) is 13.0 Å². The summed E-state index contributed by atoms with van der Waals surface area (Å²) < 4.78 is 50.4. The van der Waals surface area contributed by atoms with Gasteiger partial charge in [0.2, 0.25) is 5.88 Å². The van der Waals surface area contributed by atoms with Gasteiger partial charge in [-0.2, -0.15) is 28.0 Å². The highest BCUT2D eigenvalue weighted by molar-refractivity contribution is 9.15. The van der Waals surface area contributed by atoms with E-state index in [0.717, 1.165) is 25.7 Å². The van der Waals surface area contributed by atoms with Gasteiger partial charge in [0, 0.05) is 18.8 Å². The Kier molecular flexibility index (Phi) is 8.90. The van der Waals surface area contributed by atoms with Crippen LogP contribution in [0.2, 0.25) is 0 Å². The predicted molar refractivity (Wildman–Crippen MR) is 143 cm³/mol. The first-order chi connectivity index (χ1) is 18.5. The van der Waals surface area contributed by atoms with E-state index in [0.29, 0.717) is 34.5 Å². The monoisotopic (exact) mass is 612 g/mol. The number of aromatic nitrogens is 6. The minimum atomic E-state index is -4.75. The standard InChI is InChI=1S/C26H32BrF3N6O3/c1-5-13-39-36-23(26(28,29)30)15(2)32-24(36)20(27)19(22(37)18-11-12-31-35(18)4)21-25(34-16(3)33-21)38-14-17-9-7-6-8-10-17/h5,11-12,17,22,37H,1,6-10,13-14H2,2-4H3,(H,33,34). The molecule has 1 aliphatic rings. The third-order valence-electron chi connectivity index (χ3n) is 6.69. The molecule has 3 aromatic heterocycles. The number of H-pyrrole nitrogens is 1. The number of nitrogens with one attached hydrogen (secondary N) is 1. The van der Waals surface area contributed by atoms with Crippen molar-refractivity contribution >= 4 is 26.0 Å². The number of hydrogen-bond donors (Lipinski definition) is 2. The van der Waals surface area contributed by atoms with Gasteiger partial charge < -0.3 is 19.7 Å². The fourth-order valence-corrected chi connectivity index (χ4v) is 5.48. The summed E-state index contributed by atoms with van der Waals surface area (Å²) in [5.41, 5.74) is -0.485. The Morgan fingerprint density at radius 3 is 2.62 bits per heavy atom. The average molecular weight is 613 g/mol. The zero-order valence-corrected chi connectivity index (χ0v) is 23.6. The lowest BCUT2D eigenvalue weighted by molar-refractivity contribution is -0.151. The van der Waals surface area contributed by atoms with E-state index < -0.39 is 18.0 Å². The number of alkyl halides is 3. The molecule has 2 N–H and O–H groups in total. The van der Waals surface area contributed by atoms with Gasteiger partial charge in [-0.05, 0) is 54.6 Å². The van der Waals surface area contributed by atoms with E-state index >= 15 is 0 Å². The Labute approximate surface area is 232 Å². The van der Waals surface area contributed by atoms with Gasteiger partial charge in [-0.25, -0.2) is 4.98 Å². The number of aryl methyl sites for hydroxylation is 3. The highest BCUT2D eigenvalue weighted by Gasteiger charge is 2.41. The zero-order chi connectivity index (χ0) is 28.3. The lowest BCUT2D eigenvalue weighted by Gasteiger charge is -2.22. The molecule has 212 valence electrons. The minimum Gasteiger partial charge on any atom is -0.476 e. The summed E-state index contributed by atoms with van der Waals surface area (Å²) in [5.74, 6) is 0.939. The lowest BCUT2D eigenvalue weighted by Crippen LogP contribution is -2.23. The van der Waals surface area contributed by atoms with E-state index in [9.17, 15) is 18.3 Å². The molecule has 1 unspecified atom stereocenters. The Hall–Kier alpha value is -3.06. The largest absolute Gasteiger partial charge is 0.476 e. The van der Waals surface area contributed by atoms with Crippen LogP contribution in [-0.4, -0.2) is 47.8 Å². The number of imidazole rings is 2. The topological polar surface area (TPSA) is 103 Å². The Balaban J connectivity index is 1.89. The van der Waals surface area contributed by atoms with Crippen molar-refractivity contribution in [2.45, 2.75) is 58.2 Å². The maximum atomic E-state index is 14.0. The van der Waals surface area contributed by atoms with E-state index in [2.05, 4.69) is 42.6 Å². The normalized spacial score (nSPS) is 16.2. The maximum Gasteiger partial charge on any atom is 0.436 e. The number of ether oxygens (including phenoxy) is 1.